The van der Waals surface area contributed by atoms with Crippen molar-refractivity contribution in [2.75, 3.05) is 38.6 Å². The minimum absolute atomic E-state index is 0.0666. The summed E-state index contributed by atoms with van der Waals surface area (Å²) in [4.78, 5) is 3.07. The molecule has 1 aliphatic heterocycles. The SMILES string of the molecule is Cc1ccc(S(=O)(=O)O)cc1.[O-][S+](CCCN1CCOCC1)c1ccc(O)cc1. The summed E-state index contributed by atoms with van der Waals surface area (Å²) in [6, 6.07) is 12.6. The number of benzene rings is 2. The van der Waals surface area contributed by atoms with Crippen molar-refractivity contribution in [3.05, 3.63) is 54.1 Å². The summed E-state index contributed by atoms with van der Waals surface area (Å²) in [5.41, 5.74) is 0.956. The summed E-state index contributed by atoms with van der Waals surface area (Å²) in [5.74, 6) is 0.881. The zero-order valence-electron chi connectivity index (χ0n) is 16.4. The fourth-order valence-electron chi connectivity index (χ4n) is 2.67. The zero-order chi connectivity index (χ0) is 21.3. The van der Waals surface area contributed by atoms with Crippen LogP contribution in [0.5, 0.6) is 5.75 Å². The van der Waals surface area contributed by atoms with Crippen molar-refractivity contribution in [1.82, 2.24) is 4.90 Å². The lowest BCUT2D eigenvalue weighted by Gasteiger charge is -2.26. The van der Waals surface area contributed by atoms with E-state index in [0.29, 0.717) is 5.75 Å². The normalized spacial score (nSPS) is 16.0. The highest BCUT2D eigenvalue weighted by Crippen LogP contribution is 2.16. The van der Waals surface area contributed by atoms with Gasteiger partial charge in [-0.1, -0.05) is 17.7 Å². The van der Waals surface area contributed by atoms with E-state index in [2.05, 4.69) is 4.90 Å². The second-order valence-corrected chi connectivity index (χ2v) is 9.63. The third kappa shape index (κ3) is 8.73. The van der Waals surface area contributed by atoms with Gasteiger partial charge in [0, 0.05) is 26.1 Å². The van der Waals surface area contributed by atoms with E-state index >= 15 is 0 Å². The van der Waals surface area contributed by atoms with Crippen LogP contribution >= 0.6 is 0 Å². The molecule has 0 spiro atoms. The molecule has 3 rings (SSSR count). The van der Waals surface area contributed by atoms with Crippen molar-refractivity contribution in [3.8, 4) is 5.75 Å². The number of hydrogen-bond donors (Lipinski definition) is 2. The maximum atomic E-state index is 12.0. The van der Waals surface area contributed by atoms with E-state index in [1.165, 1.54) is 12.1 Å². The number of ether oxygens (including phenoxy) is 1. The average Bonchev–Trinajstić information content (AvgIpc) is 2.69. The number of morpholine rings is 1. The molecule has 0 saturated carbocycles. The van der Waals surface area contributed by atoms with Crippen molar-refractivity contribution in [2.24, 2.45) is 0 Å². The molecule has 1 saturated heterocycles. The van der Waals surface area contributed by atoms with E-state index in [4.69, 9.17) is 14.4 Å². The minimum Gasteiger partial charge on any atom is -0.611 e. The first-order valence-electron chi connectivity index (χ1n) is 9.27. The summed E-state index contributed by atoms with van der Waals surface area (Å²) in [6.45, 7) is 6.39. The third-order valence-electron chi connectivity index (χ3n) is 4.33. The molecule has 1 heterocycles. The van der Waals surface area contributed by atoms with Gasteiger partial charge in [0.05, 0.1) is 18.1 Å². The number of nitrogens with zero attached hydrogens (tertiary/aromatic N) is 1. The predicted octanol–water partition coefficient (Wildman–Crippen LogP) is 2.46. The summed E-state index contributed by atoms with van der Waals surface area (Å²) in [7, 11) is -4.02. The Kier molecular flexibility index (Phi) is 9.41. The average molecular weight is 442 g/mol. The van der Waals surface area contributed by atoms with Crippen LogP contribution in [0.3, 0.4) is 0 Å². The largest absolute Gasteiger partial charge is 0.611 e. The molecule has 0 bridgehead atoms. The Labute approximate surface area is 175 Å². The van der Waals surface area contributed by atoms with Crippen LogP contribution in [0.25, 0.3) is 0 Å². The Morgan fingerprint density at radius 3 is 2.21 bits per heavy atom. The topological polar surface area (TPSA) is 110 Å². The summed E-state index contributed by atoms with van der Waals surface area (Å²) < 4.78 is 46.8. The van der Waals surface area contributed by atoms with Gasteiger partial charge in [-0.3, -0.25) is 9.45 Å². The van der Waals surface area contributed by atoms with Crippen LogP contribution < -0.4 is 0 Å². The number of rotatable bonds is 6. The highest BCUT2D eigenvalue weighted by molar-refractivity contribution is 7.91. The molecule has 0 aromatic heterocycles. The van der Waals surface area contributed by atoms with Crippen LogP contribution in [0.4, 0.5) is 0 Å². The molecule has 0 amide bonds. The number of aryl methyl sites for hydroxylation is 1. The first kappa shape index (κ1) is 23.7. The van der Waals surface area contributed by atoms with Gasteiger partial charge in [0.25, 0.3) is 10.1 Å². The van der Waals surface area contributed by atoms with E-state index in [1.807, 2.05) is 6.92 Å². The van der Waals surface area contributed by atoms with Gasteiger partial charge >= 0.3 is 0 Å². The second kappa shape index (κ2) is 11.5. The molecule has 0 aliphatic carbocycles. The first-order valence-corrected chi connectivity index (χ1v) is 12.0. The molecule has 0 radical (unpaired) electrons. The fraction of sp³-hybridized carbons (Fsp3) is 0.400. The van der Waals surface area contributed by atoms with Crippen LogP contribution in [0.2, 0.25) is 0 Å². The van der Waals surface area contributed by atoms with E-state index in [0.717, 1.165) is 49.7 Å². The van der Waals surface area contributed by atoms with Crippen molar-refractivity contribution in [2.45, 2.75) is 23.1 Å². The second-order valence-electron chi connectivity index (χ2n) is 6.64. The van der Waals surface area contributed by atoms with Gasteiger partial charge in [-0.2, -0.15) is 8.42 Å². The van der Waals surface area contributed by atoms with Crippen molar-refractivity contribution in [1.29, 1.82) is 0 Å². The maximum absolute atomic E-state index is 12.0. The van der Waals surface area contributed by atoms with Gasteiger partial charge in [0.2, 0.25) is 0 Å². The summed E-state index contributed by atoms with van der Waals surface area (Å²) in [5, 5.41) is 9.17. The molecular formula is C20H27NO6S2. The fourth-order valence-corrected chi connectivity index (χ4v) is 4.22. The molecule has 2 aromatic carbocycles. The van der Waals surface area contributed by atoms with E-state index in [9.17, 15) is 13.0 Å². The molecule has 160 valence electrons. The smallest absolute Gasteiger partial charge is 0.294 e. The quantitative estimate of drug-likeness (QED) is 0.523. The van der Waals surface area contributed by atoms with Crippen LogP contribution in [-0.4, -0.2) is 66.1 Å². The molecule has 9 heteroatoms. The molecule has 1 unspecified atom stereocenters. The Bertz CT molecular complexity index is 834. The Morgan fingerprint density at radius 2 is 1.66 bits per heavy atom. The number of hydrogen-bond acceptors (Lipinski definition) is 6. The standard InChI is InChI=1S/C13H19NO3S.C7H8O3S/c15-12-2-4-13(5-3-12)18(16)11-1-6-14-7-9-17-10-8-14;1-6-2-4-7(5-3-6)11(8,9)10/h2-5,15H,1,6-11H2;2-5H,1H3,(H,8,9,10). The lowest BCUT2D eigenvalue weighted by atomic mass is 10.2. The Balaban J connectivity index is 0.000000234. The van der Waals surface area contributed by atoms with Crippen LogP contribution in [0.1, 0.15) is 12.0 Å². The number of aromatic hydroxyl groups is 1. The number of phenolic OH excluding ortho intramolecular Hbond substituents is 1. The lowest BCUT2D eigenvalue weighted by Crippen LogP contribution is -2.37. The lowest BCUT2D eigenvalue weighted by molar-refractivity contribution is 0.0381. The molecule has 2 aromatic rings. The van der Waals surface area contributed by atoms with Crippen molar-refractivity contribution < 1.29 is 27.4 Å². The van der Waals surface area contributed by atoms with Crippen molar-refractivity contribution in [3.63, 3.8) is 0 Å². The predicted molar refractivity (Wildman–Crippen MR) is 112 cm³/mol. The monoisotopic (exact) mass is 441 g/mol. The van der Waals surface area contributed by atoms with Gasteiger partial charge in [-0.05, 0) is 54.5 Å². The molecular weight excluding hydrogens is 414 g/mol. The Morgan fingerprint density at radius 1 is 1.07 bits per heavy atom. The van der Waals surface area contributed by atoms with Gasteiger partial charge in [0.1, 0.15) is 11.5 Å². The summed E-state index contributed by atoms with van der Waals surface area (Å²) >= 11 is -0.965. The Hall–Kier alpha value is -1.62. The van der Waals surface area contributed by atoms with Crippen LogP contribution in [0, 0.1) is 6.92 Å². The van der Waals surface area contributed by atoms with Gasteiger partial charge in [-0.15, -0.1) is 0 Å². The van der Waals surface area contributed by atoms with E-state index in [1.54, 1.807) is 36.4 Å². The zero-order valence-corrected chi connectivity index (χ0v) is 18.0. The number of phenols is 1. The third-order valence-corrected chi connectivity index (χ3v) is 6.65. The van der Waals surface area contributed by atoms with Gasteiger partial charge < -0.3 is 14.4 Å². The van der Waals surface area contributed by atoms with Crippen molar-refractivity contribution >= 4 is 21.3 Å². The highest BCUT2D eigenvalue weighted by Gasteiger charge is 2.14. The summed E-state index contributed by atoms with van der Waals surface area (Å²) in [6.07, 6.45) is 0.924. The molecule has 2 N–H and O–H groups in total. The molecule has 1 aliphatic rings. The van der Waals surface area contributed by atoms with E-state index in [-0.39, 0.29) is 10.6 Å². The molecule has 1 atom stereocenters. The van der Waals surface area contributed by atoms with E-state index < -0.39 is 21.3 Å². The van der Waals surface area contributed by atoms with Gasteiger partial charge in [-0.25, -0.2) is 0 Å². The molecule has 1 fully saturated rings. The first-order chi connectivity index (χ1) is 13.8. The van der Waals surface area contributed by atoms with Gasteiger partial charge in [0.15, 0.2) is 4.90 Å². The minimum atomic E-state index is -4.02. The van der Waals surface area contributed by atoms with Crippen LogP contribution in [0.15, 0.2) is 58.3 Å². The maximum Gasteiger partial charge on any atom is 0.294 e. The molecule has 29 heavy (non-hydrogen) atoms. The highest BCUT2D eigenvalue weighted by atomic mass is 32.2. The van der Waals surface area contributed by atoms with Crippen LogP contribution in [-0.2, 0) is 26.0 Å². The molecule has 7 nitrogen and oxygen atoms in total.